The standard InChI is InChI=1S/C15H26N2OS/c1-3-17(4-2)11-7-5-6-10-16-15(18)13-14-9-8-12-19-14/h8-9,12H,3-7,10-11,13H2,1-2H3,(H,16,18). The molecule has 0 bridgehead atoms. The Bertz CT molecular complexity index is 334. The van der Waals surface area contributed by atoms with E-state index in [1.54, 1.807) is 11.3 Å². The molecule has 1 aromatic heterocycles. The Morgan fingerprint density at radius 2 is 2.05 bits per heavy atom. The lowest BCUT2D eigenvalue weighted by atomic mass is 10.2. The van der Waals surface area contributed by atoms with Crippen LogP contribution in [0.5, 0.6) is 0 Å². The van der Waals surface area contributed by atoms with Gasteiger partial charge in [-0.25, -0.2) is 0 Å². The van der Waals surface area contributed by atoms with Gasteiger partial charge in [0.05, 0.1) is 6.42 Å². The van der Waals surface area contributed by atoms with Crippen molar-refractivity contribution in [1.29, 1.82) is 0 Å². The first-order chi connectivity index (χ1) is 9.26. The maximum Gasteiger partial charge on any atom is 0.225 e. The van der Waals surface area contributed by atoms with E-state index in [4.69, 9.17) is 0 Å². The van der Waals surface area contributed by atoms with E-state index in [1.807, 2.05) is 17.5 Å². The summed E-state index contributed by atoms with van der Waals surface area (Å²) in [5.74, 6) is 0.145. The molecular weight excluding hydrogens is 256 g/mol. The summed E-state index contributed by atoms with van der Waals surface area (Å²) in [4.78, 5) is 15.2. The highest BCUT2D eigenvalue weighted by molar-refractivity contribution is 7.10. The van der Waals surface area contributed by atoms with Gasteiger partial charge in [-0.15, -0.1) is 11.3 Å². The topological polar surface area (TPSA) is 32.3 Å². The van der Waals surface area contributed by atoms with Gasteiger partial charge in [0.15, 0.2) is 0 Å². The summed E-state index contributed by atoms with van der Waals surface area (Å²) in [6.07, 6.45) is 4.02. The minimum absolute atomic E-state index is 0.145. The van der Waals surface area contributed by atoms with Crippen LogP contribution < -0.4 is 5.32 Å². The van der Waals surface area contributed by atoms with Gasteiger partial charge in [0.2, 0.25) is 5.91 Å². The lowest BCUT2D eigenvalue weighted by Crippen LogP contribution is -2.26. The van der Waals surface area contributed by atoms with Crippen LogP contribution in [-0.4, -0.2) is 37.0 Å². The molecule has 1 rings (SSSR count). The molecule has 3 nitrogen and oxygen atoms in total. The van der Waals surface area contributed by atoms with E-state index in [9.17, 15) is 4.79 Å². The molecular formula is C15H26N2OS. The molecule has 0 fully saturated rings. The van der Waals surface area contributed by atoms with Crippen molar-refractivity contribution >= 4 is 17.2 Å². The highest BCUT2D eigenvalue weighted by Crippen LogP contribution is 2.08. The Hall–Kier alpha value is -0.870. The van der Waals surface area contributed by atoms with Crippen molar-refractivity contribution in [3.63, 3.8) is 0 Å². The highest BCUT2D eigenvalue weighted by atomic mass is 32.1. The molecule has 0 saturated heterocycles. The summed E-state index contributed by atoms with van der Waals surface area (Å²) in [7, 11) is 0. The zero-order valence-electron chi connectivity index (χ0n) is 12.2. The van der Waals surface area contributed by atoms with Crippen molar-refractivity contribution in [2.45, 2.75) is 39.5 Å². The van der Waals surface area contributed by atoms with Crippen LogP contribution in [0, 0.1) is 0 Å². The summed E-state index contributed by atoms with van der Waals surface area (Å²) in [5.41, 5.74) is 0. The van der Waals surface area contributed by atoms with Crippen LogP contribution in [0.25, 0.3) is 0 Å². The molecule has 1 heterocycles. The van der Waals surface area contributed by atoms with Gasteiger partial charge in [-0.3, -0.25) is 4.79 Å². The number of carbonyl (C=O) groups is 1. The summed E-state index contributed by atoms with van der Waals surface area (Å²) in [6, 6.07) is 3.99. The van der Waals surface area contributed by atoms with E-state index in [1.165, 1.54) is 19.4 Å². The Morgan fingerprint density at radius 1 is 1.26 bits per heavy atom. The van der Waals surface area contributed by atoms with Gasteiger partial charge < -0.3 is 10.2 Å². The molecule has 1 aromatic rings. The molecule has 0 spiro atoms. The molecule has 0 radical (unpaired) electrons. The number of thiophene rings is 1. The maximum atomic E-state index is 11.6. The summed E-state index contributed by atoms with van der Waals surface area (Å²) < 4.78 is 0. The molecule has 0 saturated carbocycles. The van der Waals surface area contributed by atoms with Gasteiger partial charge in [0.1, 0.15) is 0 Å². The zero-order chi connectivity index (χ0) is 13.9. The third-order valence-corrected chi connectivity index (χ3v) is 4.16. The number of carbonyl (C=O) groups excluding carboxylic acids is 1. The molecule has 0 aromatic carbocycles. The molecule has 0 aliphatic rings. The largest absolute Gasteiger partial charge is 0.356 e. The summed E-state index contributed by atoms with van der Waals surface area (Å²) >= 11 is 1.64. The van der Waals surface area contributed by atoms with Gasteiger partial charge in [0, 0.05) is 11.4 Å². The number of amides is 1. The minimum atomic E-state index is 0.145. The molecule has 108 valence electrons. The third-order valence-electron chi connectivity index (χ3n) is 3.28. The second-order valence-corrected chi connectivity index (χ2v) is 5.73. The zero-order valence-corrected chi connectivity index (χ0v) is 13.0. The van der Waals surface area contributed by atoms with E-state index < -0.39 is 0 Å². The van der Waals surface area contributed by atoms with Gasteiger partial charge in [-0.1, -0.05) is 26.3 Å². The first kappa shape index (κ1) is 16.2. The fourth-order valence-corrected chi connectivity index (χ4v) is 2.74. The van der Waals surface area contributed by atoms with Gasteiger partial charge in [-0.05, 0) is 43.9 Å². The number of rotatable bonds is 10. The van der Waals surface area contributed by atoms with Gasteiger partial charge >= 0.3 is 0 Å². The van der Waals surface area contributed by atoms with Crippen LogP contribution in [0.3, 0.4) is 0 Å². The van der Waals surface area contributed by atoms with Crippen LogP contribution in [0.2, 0.25) is 0 Å². The van der Waals surface area contributed by atoms with Gasteiger partial charge in [0.25, 0.3) is 0 Å². The van der Waals surface area contributed by atoms with E-state index in [0.29, 0.717) is 6.42 Å². The van der Waals surface area contributed by atoms with E-state index >= 15 is 0 Å². The number of hydrogen-bond acceptors (Lipinski definition) is 3. The fourth-order valence-electron chi connectivity index (χ4n) is 2.04. The first-order valence-electron chi connectivity index (χ1n) is 7.27. The number of hydrogen-bond donors (Lipinski definition) is 1. The van der Waals surface area contributed by atoms with Crippen LogP contribution in [-0.2, 0) is 11.2 Å². The second-order valence-electron chi connectivity index (χ2n) is 4.69. The first-order valence-corrected chi connectivity index (χ1v) is 8.15. The Morgan fingerprint density at radius 3 is 2.68 bits per heavy atom. The predicted molar refractivity (Wildman–Crippen MR) is 82.7 cm³/mol. The summed E-state index contributed by atoms with van der Waals surface area (Å²) in [6.45, 7) is 8.66. The number of unbranched alkanes of at least 4 members (excludes halogenated alkanes) is 2. The maximum absolute atomic E-state index is 11.6. The second kappa shape index (κ2) is 9.98. The Balaban J connectivity index is 1.97. The average molecular weight is 282 g/mol. The predicted octanol–water partition coefficient (Wildman–Crippen LogP) is 2.92. The minimum Gasteiger partial charge on any atom is -0.356 e. The van der Waals surface area contributed by atoms with Crippen LogP contribution in [0.4, 0.5) is 0 Å². The number of nitrogens with one attached hydrogen (secondary N) is 1. The van der Waals surface area contributed by atoms with Crippen molar-refractivity contribution in [3.05, 3.63) is 22.4 Å². The van der Waals surface area contributed by atoms with Crippen LogP contribution in [0.15, 0.2) is 17.5 Å². The van der Waals surface area contributed by atoms with Gasteiger partial charge in [-0.2, -0.15) is 0 Å². The number of nitrogens with zero attached hydrogens (tertiary/aromatic N) is 1. The molecule has 0 aliphatic heterocycles. The van der Waals surface area contributed by atoms with Crippen molar-refractivity contribution in [2.24, 2.45) is 0 Å². The quantitative estimate of drug-likeness (QED) is 0.669. The summed E-state index contributed by atoms with van der Waals surface area (Å²) in [5, 5.41) is 5.00. The van der Waals surface area contributed by atoms with Crippen LogP contribution >= 0.6 is 11.3 Å². The fraction of sp³-hybridized carbons (Fsp3) is 0.667. The van der Waals surface area contributed by atoms with E-state index in [2.05, 4.69) is 24.1 Å². The van der Waals surface area contributed by atoms with Crippen molar-refractivity contribution in [1.82, 2.24) is 10.2 Å². The smallest absolute Gasteiger partial charge is 0.225 e. The van der Waals surface area contributed by atoms with E-state index in [-0.39, 0.29) is 5.91 Å². The van der Waals surface area contributed by atoms with Crippen LogP contribution in [0.1, 0.15) is 38.0 Å². The van der Waals surface area contributed by atoms with Crippen molar-refractivity contribution < 1.29 is 4.79 Å². The Labute approximate surface area is 121 Å². The molecule has 19 heavy (non-hydrogen) atoms. The lowest BCUT2D eigenvalue weighted by molar-refractivity contribution is -0.120. The highest BCUT2D eigenvalue weighted by Gasteiger charge is 2.03. The molecule has 1 N–H and O–H groups in total. The molecule has 4 heteroatoms. The normalized spacial score (nSPS) is 10.9. The SMILES string of the molecule is CCN(CC)CCCCCNC(=O)Cc1cccs1. The molecule has 0 unspecified atom stereocenters. The molecule has 1 amide bonds. The third kappa shape index (κ3) is 7.33. The van der Waals surface area contributed by atoms with Crippen molar-refractivity contribution in [3.8, 4) is 0 Å². The Kier molecular flexibility index (Phi) is 8.50. The molecule has 0 aliphatic carbocycles. The lowest BCUT2D eigenvalue weighted by Gasteiger charge is -2.17. The average Bonchev–Trinajstić information content (AvgIpc) is 2.91. The monoisotopic (exact) mass is 282 g/mol. The van der Waals surface area contributed by atoms with Crippen molar-refractivity contribution in [2.75, 3.05) is 26.2 Å². The molecule has 0 atom stereocenters. The van der Waals surface area contributed by atoms with E-state index in [0.717, 1.165) is 30.9 Å².